The van der Waals surface area contributed by atoms with E-state index in [-0.39, 0.29) is 6.54 Å². The predicted octanol–water partition coefficient (Wildman–Crippen LogP) is 6.96. The number of nitrogens with one attached hydrogen (secondary N) is 1. The number of nitrogens with zero attached hydrogens (tertiary/aromatic N) is 2. The van der Waals surface area contributed by atoms with Crippen molar-refractivity contribution in [2.45, 2.75) is 34.3 Å². The first kappa shape index (κ1) is 28.0. The molecule has 1 aliphatic heterocycles. The van der Waals surface area contributed by atoms with Crippen LogP contribution in [0.4, 0.5) is 10.5 Å². The molecule has 1 aliphatic rings. The lowest BCUT2D eigenvalue weighted by atomic mass is 10.1. The SMILES string of the molecule is Cc1ccc(NC(=O)CN2C(=O)S/C(=C/c3cc(C)n(-c4ccc(OCc5ccccc5)cc4)c3C)C2=O)cc1C. The van der Waals surface area contributed by atoms with Crippen molar-refractivity contribution in [1.29, 1.82) is 0 Å². The van der Waals surface area contributed by atoms with Crippen molar-refractivity contribution < 1.29 is 19.1 Å². The molecule has 41 heavy (non-hydrogen) atoms. The van der Waals surface area contributed by atoms with Crippen LogP contribution in [0.3, 0.4) is 0 Å². The smallest absolute Gasteiger partial charge is 0.294 e. The second-order valence-electron chi connectivity index (χ2n) is 10.0. The maximum absolute atomic E-state index is 13.1. The van der Waals surface area contributed by atoms with Crippen molar-refractivity contribution in [3.05, 3.63) is 117 Å². The number of aromatic nitrogens is 1. The Balaban J connectivity index is 1.27. The van der Waals surface area contributed by atoms with Crippen molar-refractivity contribution in [3.8, 4) is 11.4 Å². The van der Waals surface area contributed by atoms with E-state index in [0.29, 0.717) is 17.2 Å². The Morgan fingerprint density at radius 2 is 1.63 bits per heavy atom. The number of hydrogen-bond donors (Lipinski definition) is 1. The summed E-state index contributed by atoms with van der Waals surface area (Å²) >= 11 is 0.847. The van der Waals surface area contributed by atoms with E-state index in [1.165, 1.54) is 0 Å². The minimum atomic E-state index is -0.472. The van der Waals surface area contributed by atoms with Gasteiger partial charge in [0.1, 0.15) is 18.9 Å². The van der Waals surface area contributed by atoms with Gasteiger partial charge in [0.05, 0.1) is 4.91 Å². The van der Waals surface area contributed by atoms with E-state index < -0.39 is 17.1 Å². The van der Waals surface area contributed by atoms with Gasteiger partial charge in [-0.1, -0.05) is 36.4 Å². The maximum atomic E-state index is 13.1. The first-order valence-electron chi connectivity index (χ1n) is 13.3. The minimum absolute atomic E-state index is 0.291. The normalized spacial score (nSPS) is 14.1. The zero-order valence-electron chi connectivity index (χ0n) is 23.4. The van der Waals surface area contributed by atoms with E-state index in [9.17, 15) is 14.4 Å². The van der Waals surface area contributed by atoms with Crippen LogP contribution in [0.2, 0.25) is 0 Å². The molecule has 1 aromatic heterocycles. The topological polar surface area (TPSA) is 80.6 Å². The molecule has 1 saturated heterocycles. The highest BCUT2D eigenvalue weighted by Crippen LogP contribution is 2.34. The number of benzene rings is 3. The predicted molar refractivity (Wildman–Crippen MR) is 163 cm³/mol. The molecule has 8 heteroatoms. The largest absolute Gasteiger partial charge is 0.489 e. The summed E-state index contributed by atoms with van der Waals surface area (Å²) in [4.78, 5) is 39.6. The van der Waals surface area contributed by atoms with Crippen molar-refractivity contribution in [2.24, 2.45) is 0 Å². The van der Waals surface area contributed by atoms with E-state index in [0.717, 1.165) is 61.7 Å². The van der Waals surface area contributed by atoms with Crippen molar-refractivity contribution in [3.63, 3.8) is 0 Å². The fourth-order valence-corrected chi connectivity index (χ4v) is 5.53. The summed E-state index contributed by atoms with van der Waals surface area (Å²) in [5, 5.41) is 2.31. The molecule has 2 heterocycles. The minimum Gasteiger partial charge on any atom is -0.489 e. The van der Waals surface area contributed by atoms with Gasteiger partial charge in [-0.15, -0.1) is 0 Å². The molecule has 208 valence electrons. The zero-order chi connectivity index (χ0) is 29.1. The Morgan fingerprint density at radius 3 is 2.34 bits per heavy atom. The third kappa shape index (κ3) is 6.28. The lowest BCUT2D eigenvalue weighted by molar-refractivity contribution is -0.127. The molecule has 4 aromatic rings. The van der Waals surface area contributed by atoms with Crippen LogP contribution in [0.1, 0.15) is 33.6 Å². The molecule has 0 unspecified atom stereocenters. The second-order valence-corrected chi connectivity index (χ2v) is 11.0. The molecule has 1 fully saturated rings. The highest BCUT2D eigenvalue weighted by atomic mass is 32.2. The number of anilines is 1. The third-order valence-electron chi connectivity index (χ3n) is 7.07. The van der Waals surface area contributed by atoms with E-state index in [1.807, 2.05) is 100 Å². The van der Waals surface area contributed by atoms with Crippen molar-refractivity contribution in [1.82, 2.24) is 9.47 Å². The molecule has 5 rings (SSSR count). The number of rotatable bonds is 8. The van der Waals surface area contributed by atoms with Crippen LogP contribution in [0, 0.1) is 27.7 Å². The standard InChI is InChI=1S/C33H31N3O4S/c1-21-10-11-27(16-22(21)2)34-31(37)19-35-32(38)30(41-33(35)39)18-26-17-23(3)36(24(26)4)28-12-14-29(15-13-28)40-20-25-8-6-5-7-9-25/h5-18H,19-20H2,1-4H3,(H,34,37)/b30-18+. The van der Waals surface area contributed by atoms with Gasteiger partial charge in [-0.05, 0) is 110 Å². The van der Waals surface area contributed by atoms with Crippen molar-refractivity contribution in [2.75, 3.05) is 11.9 Å². The fourth-order valence-electron chi connectivity index (χ4n) is 4.70. The number of aryl methyl sites for hydroxylation is 3. The van der Waals surface area contributed by atoms with Gasteiger partial charge in [0.25, 0.3) is 11.1 Å². The Morgan fingerprint density at radius 1 is 0.902 bits per heavy atom. The quantitative estimate of drug-likeness (QED) is 0.234. The van der Waals surface area contributed by atoms with E-state index >= 15 is 0 Å². The number of imide groups is 1. The molecule has 0 radical (unpaired) electrons. The third-order valence-corrected chi connectivity index (χ3v) is 7.97. The van der Waals surface area contributed by atoms with Gasteiger partial charge >= 0.3 is 0 Å². The Bertz CT molecular complexity index is 1660. The van der Waals surface area contributed by atoms with Gasteiger partial charge < -0.3 is 14.6 Å². The number of carbonyl (C=O) groups excluding carboxylic acids is 3. The van der Waals surface area contributed by atoms with Crippen molar-refractivity contribution >= 4 is 40.6 Å². The monoisotopic (exact) mass is 565 g/mol. The molecule has 3 amide bonds. The molecule has 0 aliphatic carbocycles. The summed E-state index contributed by atoms with van der Waals surface area (Å²) in [6.07, 6.45) is 1.72. The molecule has 0 spiro atoms. The highest BCUT2D eigenvalue weighted by molar-refractivity contribution is 8.18. The van der Waals surface area contributed by atoms with Crippen LogP contribution >= 0.6 is 11.8 Å². The highest BCUT2D eigenvalue weighted by Gasteiger charge is 2.36. The molecular formula is C33H31N3O4S. The summed E-state index contributed by atoms with van der Waals surface area (Å²) < 4.78 is 8.01. The number of ether oxygens (including phenoxy) is 1. The van der Waals surface area contributed by atoms with Crippen LogP contribution in [0.15, 0.2) is 83.8 Å². The van der Waals surface area contributed by atoms with Crippen LogP contribution < -0.4 is 10.1 Å². The van der Waals surface area contributed by atoms with E-state index in [1.54, 1.807) is 12.1 Å². The Labute approximate surface area is 243 Å². The molecule has 0 bridgehead atoms. The number of thioether (sulfide) groups is 1. The molecular weight excluding hydrogens is 534 g/mol. The van der Waals surface area contributed by atoms with Gasteiger partial charge in [-0.3, -0.25) is 19.3 Å². The summed E-state index contributed by atoms with van der Waals surface area (Å²) in [6, 6.07) is 25.4. The molecule has 0 saturated carbocycles. The molecule has 0 atom stereocenters. The summed E-state index contributed by atoms with van der Waals surface area (Å²) in [5.74, 6) is -0.123. The molecule has 3 aromatic carbocycles. The second kappa shape index (κ2) is 11.9. The Kier molecular flexibility index (Phi) is 8.12. The fraction of sp³-hybridized carbons (Fsp3) is 0.182. The van der Waals surface area contributed by atoms with Crippen LogP contribution in [-0.4, -0.2) is 33.1 Å². The molecule has 7 nitrogen and oxygen atoms in total. The zero-order valence-corrected chi connectivity index (χ0v) is 24.2. The average Bonchev–Trinajstić information content (AvgIpc) is 3.38. The summed E-state index contributed by atoms with van der Waals surface area (Å²) in [6.45, 7) is 8.07. The van der Waals surface area contributed by atoms with E-state index in [4.69, 9.17) is 4.74 Å². The van der Waals surface area contributed by atoms with Gasteiger partial charge in [0, 0.05) is 22.8 Å². The molecule has 1 N–H and O–H groups in total. The first-order chi connectivity index (χ1) is 19.7. The number of carbonyl (C=O) groups is 3. The number of hydrogen-bond acceptors (Lipinski definition) is 5. The lowest BCUT2D eigenvalue weighted by Crippen LogP contribution is -2.36. The Hall–Kier alpha value is -4.56. The summed E-state index contributed by atoms with van der Waals surface area (Å²) in [7, 11) is 0. The summed E-state index contributed by atoms with van der Waals surface area (Å²) in [5.41, 5.74) is 7.59. The van der Waals surface area contributed by atoms with Crippen LogP contribution in [0.5, 0.6) is 5.75 Å². The van der Waals surface area contributed by atoms with E-state index in [2.05, 4.69) is 9.88 Å². The first-order valence-corrected chi connectivity index (χ1v) is 14.1. The lowest BCUT2D eigenvalue weighted by Gasteiger charge is -2.13. The number of amides is 3. The van der Waals surface area contributed by atoms with Gasteiger partial charge in [-0.2, -0.15) is 0 Å². The van der Waals surface area contributed by atoms with Gasteiger partial charge in [0.2, 0.25) is 5.91 Å². The average molecular weight is 566 g/mol. The van der Waals surface area contributed by atoms with Crippen LogP contribution in [0.25, 0.3) is 11.8 Å². The van der Waals surface area contributed by atoms with Gasteiger partial charge in [-0.25, -0.2) is 0 Å². The maximum Gasteiger partial charge on any atom is 0.294 e. The van der Waals surface area contributed by atoms with Crippen LogP contribution in [-0.2, 0) is 16.2 Å². The van der Waals surface area contributed by atoms with Gasteiger partial charge in [0.15, 0.2) is 0 Å².